The van der Waals surface area contributed by atoms with Crippen LogP contribution < -0.4 is 14.9 Å². The molecule has 1 unspecified atom stereocenters. The van der Waals surface area contributed by atoms with Gasteiger partial charge in [0, 0.05) is 0 Å². The molecule has 0 aromatic heterocycles. The summed E-state index contributed by atoms with van der Waals surface area (Å²) in [5.74, 6) is 1.01. The highest BCUT2D eigenvalue weighted by atomic mass is 79.9. The molecule has 7 heteroatoms. The second-order valence-corrected chi connectivity index (χ2v) is 6.84. The summed E-state index contributed by atoms with van der Waals surface area (Å²) in [6.45, 7) is 4.10. The van der Waals surface area contributed by atoms with Crippen LogP contribution in [-0.2, 0) is 4.79 Å². The summed E-state index contributed by atoms with van der Waals surface area (Å²) in [7, 11) is 1.46. The van der Waals surface area contributed by atoms with Crippen LogP contribution in [0.15, 0.2) is 46.0 Å². The van der Waals surface area contributed by atoms with E-state index in [1.807, 2.05) is 24.3 Å². The van der Waals surface area contributed by atoms with Gasteiger partial charge in [0.15, 0.2) is 18.1 Å². The lowest BCUT2D eigenvalue weighted by molar-refractivity contribution is -0.123. The molecule has 144 valence electrons. The summed E-state index contributed by atoms with van der Waals surface area (Å²) >= 11 is 3.23. The number of rotatable bonds is 8. The fourth-order valence-electron chi connectivity index (χ4n) is 2.42. The van der Waals surface area contributed by atoms with Crippen molar-refractivity contribution in [3.8, 4) is 17.2 Å². The number of nitrogens with one attached hydrogen (secondary N) is 1. The Morgan fingerprint density at radius 3 is 2.78 bits per heavy atom. The van der Waals surface area contributed by atoms with Crippen LogP contribution in [0.1, 0.15) is 37.3 Å². The summed E-state index contributed by atoms with van der Waals surface area (Å²) in [6, 6.07) is 11.0. The van der Waals surface area contributed by atoms with E-state index in [1.165, 1.54) is 13.3 Å². The summed E-state index contributed by atoms with van der Waals surface area (Å²) < 4.78 is 11.2. The van der Waals surface area contributed by atoms with Crippen molar-refractivity contribution in [2.24, 2.45) is 5.10 Å². The third-order valence-corrected chi connectivity index (χ3v) is 4.70. The number of aromatic hydroxyl groups is 1. The number of nitrogens with zero attached hydrogens (tertiary/aromatic N) is 1. The van der Waals surface area contributed by atoms with Crippen molar-refractivity contribution in [1.29, 1.82) is 0 Å². The molecule has 0 fully saturated rings. The van der Waals surface area contributed by atoms with E-state index in [0.717, 1.165) is 12.0 Å². The number of hydrazone groups is 1. The molecule has 0 aliphatic carbocycles. The normalized spacial score (nSPS) is 12.0. The lowest BCUT2D eigenvalue weighted by Gasteiger charge is -2.15. The van der Waals surface area contributed by atoms with Crippen molar-refractivity contribution in [3.05, 3.63) is 52.0 Å². The lowest BCUT2D eigenvalue weighted by Crippen LogP contribution is -2.25. The Kier molecular flexibility index (Phi) is 7.67. The molecule has 0 bridgehead atoms. The van der Waals surface area contributed by atoms with Gasteiger partial charge in [0.05, 0.1) is 17.8 Å². The van der Waals surface area contributed by atoms with E-state index in [0.29, 0.717) is 27.5 Å². The predicted molar refractivity (Wildman–Crippen MR) is 109 cm³/mol. The molecule has 0 heterocycles. The Balaban J connectivity index is 1.94. The van der Waals surface area contributed by atoms with Crippen LogP contribution in [0.25, 0.3) is 0 Å². The van der Waals surface area contributed by atoms with Crippen molar-refractivity contribution in [1.82, 2.24) is 5.43 Å². The Morgan fingerprint density at radius 1 is 1.33 bits per heavy atom. The molecule has 27 heavy (non-hydrogen) atoms. The molecule has 2 rings (SSSR count). The van der Waals surface area contributed by atoms with Crippen molar-refractivity contribution >= 4 is 28.1 Å². The number of ether oxygens (including phenoxy) is 2. The van der Waals surface area contributed by atoms with Gasteiger partial charge in [-0.05, 0) is 57.6 Å². The summed E-state index contributed by atoms with van der Waals surface area (Å²) in [4.78, 5) is 12.0. The highest BCUT2D eigenvalue weighted by molar-refractivity contribution is 9.10. The van der Waals surface area contributed by atoms with Crippen molar-refractivity contribution < 1.29 is 19.4 Å². The minimum atomic E-state index is -0.366. The SMILES string of the molecule is CCC(C)c1ccccc1OCC(=O)N/N=C/c1cc(Br)c(O)c(OC)c1. The lowest BCUT2D eigenvalue weighted by atomic mass is 9.98. The zero-order valence-corrected chi connectivity index (χ0v) is 17.1. The maximum absolute atomic E-state index is 12.0. The van der Waals surface area contributed by atoms with Gasteiger partial charge in [0.1, 0.15) is 5.75 Å². The monoisotopic (exact) mass is 434 g/mol. The molecule has 0 saturated heterocycles. The minimum Gasteiger partial charge on any atom is -0.503 e. The predicted octanol–water partition coefficient (Wildman–Crippen LogP) is 4.21. The number of phenols is 1. The summed E-state index contributed by atoms with van der Waals surface area (Å²) in [5, 5.41) is 13.7. The zero-order valence-electron chi connectivity index (χ0n) is 15.5. The van der Waals surface area contributed by atoms with Crippen molar-refractivity contribution in [2.45, 2.75) is 26.2 Å². The number of methoxy groups -OCH3 is 1. The van der Waals surface area contributed by atoms with Gasteiger partial charge in [-0.25, -0.2) is 5.43 Å². The van der Waals surface area contributed by atoms with Gasteiger partial charge in [0.2, 0.25) is 0 Å². The van der Waals surface area contributed by atoms with E-state index in [9.17, 15) is 9.90 Å². The number of carbonyl (C=O) groups excluding carboxylic acids is 1. The Hall–Kier alpha value is -2.54. The first kappa shape index (κ1) is 20.8. The van der Waals surface area contributed by atoms with E-state index in [-0.39, 0.29) is 18.3 Å². The molecule has 0 aliphatic rings. The molecular weight excluding hydrogens is 412 g/mol. The van der Waals surface area contributed by atoms with Crippen LogP contribution in [0.5, 0.6) is 17.2 Å². The Bertz CT molecular complexity index is 824. The van der Waals surface area contributed by atoms with Crippen molar-refractivity contribution in [3.63, 3.8) is 0 Å². The van der Waals surface area contributed by atoms with Gasteiger partial charge in [-0.1, -0.05) is 32.0 Å². The maximum Gasteiger partial charge on any atom is 0.277 e. The smallest absolute Gasteiger partial charge is 0.277 e. The average Bonchev–Trinajstić information content (AvgIpc) is 2.68. The maximum atomic E-state index is 12.0. The van der Waals surface area contributed by atoms with E-state index in [2.05, 4.69) is 40.3 Å². The molecule has 2 aromatic carbocycles. The van der Waals surface area contributed by atoms with Crippen LogP contribution in [0.2, 0.25) is 0 Å². The number of para-hydroxylation sites is 1. The second kappa shape index (κ2) is 9.97. The largest absolute Gasteiger partial charge is 0.503 e. The molecule has 6 nitrogen and oxygen atoms in total. The van der Waals surface area contributed by atoms with Crippen LogP contribution >= 0.6 is 15.9 Å². The van der Waals surface area contributed by atoms with E-state index in [1.54, 1.807) is 12.1 Å². The highest BCUT2D eigenvalue weighted by Gasteiger charge is 2.11. The molecule has 2 aromatic rings. The summed E-state index contributed by atoms with van der Waals surface area (Å²) in [5.41, 5.74) is 4.16. The van der Waals surface area contributed by atoms with Crippen molar-refractivity contribution in [2.75, 3.05) is 13.7 Å². The Labute approximate surface area is 167 Å². The van der Waals surface area contributed by atoms with E-state index >= 15 is 0 Å². The first-order valence-corrected chi connectivity index (χ1v) is 9.35. The van der Waals surface area contributed by atoms with Crippen LogP contribution in [-0.4, -0.2) is 30.9 Å². The van der Waals surface area contributed by atoms with E-state index in [4.69, 9.17) is 9.47 Å². The van der Waals surface area contributed by atoms with Crippen LogP contribution in [0.4, 0.5) is 0 Å². The molecular formula is C20H23BrN2O4. The number of hydrogen-bond acceptors (Lipinski definition) is 5. The third kappa shape index (κ3) is 5.72. The second-order valence-electron chi connectivity index (χ2n) is 5.98. The molecule has 2 N–H and O–H groups in total. The average molecular weight is 435 g/mol. The number of carbonyl (C=O) groups is 1. The van der Waals surface area contributed by atoms with Gasteiger partial charge >= 0.3 is 0 Å². The Morgan fingerprint density at radius 2 is 2.07 bits per heavy atom. The minimum absolute atomic E-state index is 0.00654. The van der Waals surface area contributed by atoms with Gasteiger partial charge in [-0.15, -0.1) is 0 Å². The van der Waals surface area contributed by atoms with Gasteiger partial charge in [-0.3, -0.25) is 4.79 Å². The summed E-state index contributed by atoms with van der Waals surface area (Å²) in [6.07, 6.45) is 2.44. The molecule has 1 amide bonds. The zero-order chi connectivity index (χ0) is 19.8. The topological polar surface area (TPSA) is 80.2 Å². The number of benzene rings is 2. The van der Waals surface area contributed by atoms with Gasteiger partial charge < -0.3 is 14.6 Å². The molecule has 0 radical (unpaired) electrons. The first-order valence-electron chi connectivity index (χ1n) is 8.56. The van der Waals surface area contributed by atoms with E-state index < -0.39 is 0 Å². The van der Waals surface area contributed by atoms with Crippen LogP contribution in [0.3, 0.4) is 0 Å². The van der Waals surface area contributed by atoms with Crippen LogP contribution in [0, 0.1) is 0 Å². The third-order valence-electron chi connectivity index (χ3n) is 4.09. The molecule has 0 saturated carbocycles. The first-order chi connectivity index (χ1) is 13.0. The number of amides is 1. The fraction of sp³-hybridized carbons (Fsp3) is 0.300. The van der Waals surface area contributed by atoms with Gasteiger partial charge in [0.25, 0.3) is 5.91 Å². The number of phenolic OH excluding ortho intramolecular Hbond substituents is 1. The number of halogens is 1. The fourth-order valence-corrected chi connectivity index (χ4v) is 2.88. The number of hydrogen-bond donors (Lipinski definition) is 2. The standard InChI is InChI=1S/C20H23BrN2O4/c1-4-13(2)15-7-5-6-8-17(15)27-12-19(24)23-22-11-14-9-16(21)20(25)18(10-14)26-3/h5-11,13,25H,4,12H2,1-3H3,(H,23,24)/b22-11+. The molecule has 0 aliphatic heterocycles. The van der Waals surface area contributed by atoms with Gasteiger partial charge in [-0.2, -0.15) is 5.10 Å². The highest BCUT2D eigenvalue weighted by Crippen LogP contribution is 2.34. The molecule has 0 spiro atoms. The quantitative estimate of drug-likeness (QED) is 0.481. The molecule has 1 atom stereocenters.